The van der Waals surface area contributed by atoms with E-state index in [-0.39, 0.29) is 10.4 Å². The van der Waals surface area contributed by atoms with E-state index >= 15 is 0 Å². The summed E-state index contributed by atoms with van der Waals surface area (Å²) in [5.74, 6) is 2.52. The molecule has 42 heavy (non-hydrogen) atoms. The third-order valence-electron chi connectivity index (χ3n) is 7.42. The highest BCUT2D eigenvalue weighted by Gasteiger charge is 2.35. The van der Waals surface area contributed by atoms with Gasteiger partial charge in [-0.15, -0.1) is 0 Å². The van der Waals surface area contributed by atoms with Gasteiger partial charge in [-0.05, 0) is 61.0 Å². The van der Waals surface area contributed by atoms with Crippen molar-refractivity contribution in [3.05, 3.63) is 72.6 Å². The van der Waals surface area contributed by atoms with Crippen molar-refractivity contribution in [2.45, 2.75) is 6.92 Å². The summed E-state index contributed by atoms with van der Waals surface area (Å²) < 4.78 is 18.8. The van der Waals surface area contributed by atoms with E-state index in [1.807, 2.05) is 56.4 Å². The largest absolute Gasteiger partial charge is 0.457 e. The molecule has 1 aliphatic heterocycles. The zero-order valence-electron chi connectivity index (χ0n) is 23.8. The molecule has 0 spiro atoms. The number of fused-ring (bicyclic) bond motifs is 1. The summed E-state index contributed by atoms with van der Waals surface area (Å²) >= 11 is 0. The Morgan fingerprint density at radius 1 is 1.17 bits per heavy atom. The van der Waals surface area contributed by atoms with Crippen LogP contribution in [0.2, 0.25) is 0 Å². The number of nitrogens with zero attached hydrogens (tertiary/aromatic N) is 6. The Bertz CT molecular complexity index is 1650. The van der Waals surface area contributed by atoms with Gasteiger partial charge in [-0.25, -0.2) is 29.7 Å². The van der Waals surface area contributed by atoms with E-state index in [2.05, 4.69) is 30.6 Å². The van der Waals surface area contributed by atoms with Gasteiger partial charge < -0.3 is 20.3 Å². The van der Waals surface area contributed by atoms with Crippen LogP contribution in [-0.4, -0.2) is 72.3 Å². The van der Waals surface area contributed by atoms with Crippen LogP contribution in [0.5, 0.6) is 11.5 Å². The number of hydrogen-bond donors (Lipinski definition) is 3. The summed E-state index contributed by atoms with van der Waals surface area (Å²) in [7, 11) is 3.66. The molecule has 4 aromatic rings. The average Bonchev–Trinajstić information content (AvgIpc) is 3.01. The zero-order chi connectivity index (χ0) is 29.7. The molecule has 1 fully saturated rings. The van der Waals surface area contributed by atoms with Crippen molar-refractivity contribution in [2.75, 3.05) is 62.5 Å². The third-order valence-corrected chi connectivity index (χ3v) is 7.42. The molecular formula is C30H33FN9O2+. The first-order valence-electron chi connectivity index (χ1n) is 13.6. The smallest absolute Gasteiger partial charge is 0.338 e. The minimum atomic E-state index is -0.647. The fourth-order valence-electron chi connectivity index (χ4n) is 4.86. The Hall–Kier alpha value is -4.97. The van der Waals surface area contributed by atoms with Gasteiger partial charge in [0.1, 0.15) is 54.6 Å². The second-order valence-corrected chi connectivity index (χ2v) is 10.2. The number of allylic oxidation sites excluding steroid dienone is 1. The van der Waals surface area contributed by atoms with E-state index in [1.54, 1.807) is 13.1 Å². The number of carbonyl (C=O) groups excluding carboxylic acids is 1. The fraction of sp³-hybridized carbons (Fsp3) is 0.267. The van der Waals surface area contributed by atoms with E-state index < -0.39 is 6.67 Å². The van der Waals surface area contributed by atoms with Gasteiger partial charge in [-0.1, -0.05) is 0 Å². The number of carbonyl (C=O) groups is 1. The van der Waals surface area contributed by atoms with Crippen molar-refractivity contribution >= 4 is 45.6 Å². The fourth-order valence-corrected chi connectivity index (χ4v) is 4.86. The minimum Gasteiger partial charge on any atom is -0.457 e. The Balaban J connectivity index is 1.32. The van der Waals surface area contributed by atoms with Crippen LogP contribution in [0.1, 0.15) is 5.56 Å². The second kappa shape index (κ2) is 12.3. The van der Waals surface area contributed by atoms with Crippen molar-refractivity contribution < 1.29 is 18.4 Å². The number of rotatable bonds is 9. The van der Waals surface area contributed by atoms with Gasteiger partial charge >= 0.3 is 5.91 Å². The number of aromatic nitrogens is 3. The molecule has 0 bridgehead atoms. The van der Waals surface area contributed by atoms with Crippen molar-refractivity contribution in [3.8, 4) is 11.5 Å². The molecule has 0 aliphatic carbocycles. The highest BCUT2D eigenvalue weighted by molar-refractivity contribution is 5.88. The number of anilines is 4. The molecule has 3 heterocycles. The topological polar surface area (TPSA) is 128 Å². The number of pyridine rings is 1. The quantitative estimate of drug-likeness (QED) is 0.129. The number of amides is 1. The summed E-state index contributed by atoms with van der Waals surface area (Å²) in [5.41, 5.74) is 11.7. The molecular weight excluding hydrogens is 537 g/mol. The highest BCUT2D eigenvalue weighted by Crippen LogP contribution is 2.34. The second-order valence-electron chi connectivity index (χ2n) is 10.2. The predicted molar refractivity (Wildman–Crippen MR) is 161 cm³/mol. The van der Waals surface area contributed by atoms with Crippen molar-refractivity contribution in [1.82, 2.24) is 15.0 Å². The van der Waals surface area contributed by atoms with Gasteiger partial charge in [0.05, 0.1) is 31.3 Å². The molecule has 0 saturated carbocycles. The maximum Gasteiger partial charge on any atom is 0.338 e. The van der Waals surface area contributed by atoms with Gasteiger partial charge in [-0.3, -0.25) is 4.48 Å². The molecule has 2 aromatic heterocycles. The minimum absolute atomic E-state index is 0.0924. The molecule has 1 aliphatic rings. The van der Waals surface area contributed by atoms with Crippen LogP contribution < -0.4 is 20.3 Å². The summed E-state index contributed by atoms with van der Waals surface area (Å²) in [6.45, 7) is 3.77. The lowest BCUT2D eigenvalue weighted by atomic mass is 10.2. The van der Waals surface area contributed by atoms with Crippen LogP contribution in [0, 0.1) is 12.5 Å². The van der Waals surface area contributed by atoms with Gasteiger partial charge in [0.15, 0.2) is 5.82 Å². The van der Waals surface area contributed by atoms with Gasteiger partial charge in [-0.2, -0.15) is 5.11 Å². The number of likely N-dealkylation sites (N-methyl/N-ethyl adjacent to an activating group) is 1. The first-order chi connectivity index (χ1) is 20.3. The average molecular weight is 571 g/mol. The Labute approximate surface area is 243 Å². The number of aryl methyl sites for hydroxylation is 1. The highest BCUT2D eigenvalue weighted by atomic mass is 19.1. The summed E-state index contributed by atoms with van der Waals surface area (Å²) in [4.78, 5) is 28.4. The van der Waals surface area contributed by atoms with E-state index in [0.717, 1.165) is 22.8 Å². The van der Waals surface area contributed by atoms with Gasteiger partial charge in [0, 0.05) is 24.9 Å². The van der Waals surface area contributed by atoms with Crippen molar-refractivity contribution in [1.29, 1.82) is 5.53 Å². The van der Waals surface area contributed by atoms with Gasteiger partial charge in [0.25, 0.3) is 0 Å². The number of halogens is 1. The number of benzene rings is 2. The standard InChI is InChI=1S/C30H33FN9O2/c1-20-17-21(6-10-26(20)42-22-7-8-23(33-2)25(18-22)38-32)36-30-29-24(34-19-35-30)9-11-27(37-29)39-13-15-40(3,16-14-39)28(41)5-4-12-31/h4-11,17-19,32-33H,12-16H2,1-3H3,(H,34,35,36)/q+1/b5-4+,38-32?. The molecule has 0 unspecified atom stereocenters. The number of quaternary nitrogens is 1. The lowest BCUT2D eigenvalue weighted by molar-refractivity contribution is -0.832. The van der Waals surface area contributed by atoms with Crippen LogP contribution in [-0.2, 0) is 4.79 Å². The van der Waals surface area contributed by atoms with Crippen LogP contribution in [0.4, 0.5) is 33.1 Å². The van der Waals surface area contributed by atoms with Crippen molar-refractivity contribution in [3.63, 3.8) is 0 Å². The van der Waals surface area contributed by atoms with Crippen LogP contribution >= 0.6 is 0 Å². The first-order valence-corrected chi connectivity index (χ1v) is 13.6. The molecule has 0 radical (unpaired) electrons. The molecule has 12 heteroatoms. The van der Waals surface area contributed by atoms with Gasteiger partial charge in [0.2, 0.25) is 0 Å². The Kier molecular flexibility index (Phi) is 8.34. The maximum absolute atomic E-state index is 12.5. The number of piperazine rings is 1. The number of hydrogen-bond acceptors (Lipinski definition) is 10. The molecule has 1 saturated heterocycles. The van der Waals surface area contributed by atoms with E-state index in [1.165, 1.54) is 18.5 Å². The lowest BCUT2D eigenvalue weighted by Crippen LogP contribution is -2.60. The van der Waals surface area contributed by atoms with E-state index in [0.29, 0.717) is 60.2 Å². The van der Waals surface area contributed by atoms with Crippen LogP contribution in [0.3, 0.4) is 0 Å². The summed E-state index contributed by atoms with van der Waals surface area (Å²) in [5, 5.41) is 9.93. The number of nitrogens with one attached hydrogen (secondary N) is 3. The Morgan fingerprint density at radius 2 is 1.98 bits per heavy atom. The summed E-state index contributed by atoms with van der Waals surface area (Å²) in [6, 6.07) is 14.9. The number of alkyl halides is 1. The van der Waals surface area contributed by atoms with Crippen LogP contribution in [0.15, 0.2) is 72.1 Å². The molecule has 2 aromatic carbocycles. The summed E-state index contributed by atoms with van der Waals surface area (Å²) in [6.07, 6.45) is 4.10. The Morgan fingerprint density at radius 3 is 2.69 bits per heavy atom. The van der Waals surface area contributed by atoms with Crippen LogP contribution in [0.25, 0.3) is 11.0 Å². The van der Waals surface area contributed by atoms with E-state index in [4.69, 9.17) is 15.3 Å². The monoisotopic (exact) mass is 570 g/mol. The normalized spacial score (nSPS) is 14.6. The molecule has 11 nitrogen and oxygen atoms in total. The SMILES string of the molecule is CNc1ccc(Oc2ccc(Nc3ncnc4ccc(N5CC[N+](C)(C(=O)/C=C/CF)CC5)nc34)cc2C)cc1N=N. The molecule has 5 rings (SSSR count). The first kappa shape index (κ1) is 28.6. The van der Waals surface area contributed by atoms with Crippen molar-refractivity contribution in [2.24, 2.45) is 5.11 Å². The molecule has 3 N–H and O–H groups in total. The van der Waals surface area contributed by atoms with E-state index in [9.17, 15) is 9.18 Å². The number of ether oxygens (including phenoxy) is 1. The molecule has 216 valence electrons. The predicted octanol–water partition coefficient (Wildman–Crippen LogP) is 5.89. The zero-order valence-corrected chi connectivity index (χ0v) is 23.8. The maximum atomic E-state index is 12.5. The third kappa shape index (κ3) is 6.03. The lowest BCUT2D eigenvalue weighted by Gasteiger charge is -2.39. The molecule has 1 amide bonds. The molecule has 0 atom stereocenters.